The van der Waals surface area contributed by atoms with Crippen LogP contribution >= 0.6 is 24.0 Å². The number of hydrogen-bond acceptors (Lipinski definition) is 4. The molecule has 0 aliphatic rings. The van der Waals surface area contributed by atoms with Gasteiger partial charge in [0.25, 0.3) is 0 Å². The molecule has 1 aromatic carbocycles. The van der Waals surface area contributed by atoms with E-state index in [0.717, 1.165) is 5.56 Å². The first-order valence-corrected chi connectivity index (χ1v) is 7.32. The Hall–Kier alpha value is -1.59. The van der Waals surface area contributed by atoms with Crippen LogP contribution in [0.4, 0.5) is 0 Å². The first-order valence-electron chi connectivity index (χ1n) is 5.69. The summed E-state index contributed by atoms with van der Waals surface area (Å²) in [5.41, 5.74) is 7.37. The van der Waals surface area contributed by atoms with Crippen molar-refractivity contribution < 1.29 is 4.74 Å². The summed E-state index contributed by atoms with van der Waals surface area (Å²) in [6.45, 7) is 1.93. The van der Waals surface area contributed by atoms with Gasteiger partial charge in [-0.15, -0.1) is 11.8 Å². The van der Waals surface area contributed by atoms with E-state index in [4.69, 9.17) is 22.7 Å². The van der Waals surface area contributed by atoms with Gasteiger partial charge in [-0.3, -0.25) is 0 Å². The Morgan fingerprint density at radius 2 is 1.95 bits per heavy atom. The van der Waals surface area contributed by atoms with Crippen LogP contribution in [0.2, 0.25) is 0 Å². The molecule has 98 valence electrons. The number of rotatable bonds is 4. The standard InChI is InChI=1S/C14H14N2OS2/c1-9-7-8-16-14(12(9)13(15)18)17-10-3-5-11(19-2)6-4-10/h3-8H,1-2H3,(H2,15,18). The lowest BCUT2D eigenvalue weighted by Gasteiger charge is -2.11. The van der Waals surface area contributed by atoms with E-state index in [1.165, 1.54) is 4.90 Å². The van der Waals surface area contributed by atoms with Crippen molar-refractivity contribution in [3.63, 3.8) is 0 Å². The Kier molecular flexibility index (Phi) is 4.39. The zero-order valence-electron chi connectivity index (χ0n) is 10.7. The number of ether oxygens (including phenoxy) is 1. The van der Waals surface area contributed by atoms with Gasteiger partial charge >= 0.3 is 0 Å². The molecule has 2 aromatic rings. The second-order valence-corrected chi connectivity index (χ2v) is 5.27. The third-order valence-electron chi connectivity index (χ3n) is 2.64. The van der Waals surface area contributed by atoms with E-state index in [9.17, 15) is 0 Å². The Bertz CT molecular complexity index is 597. The summed E-state index contributed by atoms with van der Waals surface area (Å²) in [5.74, 6) is 1.16. The number of thioether (sulfide) groups is 1. The van der Waals surface area contributed by atoms with Crippen molar-refractivity contribution in [3.05, 3.63) is 47.7 Å². The number of thiocarbonyl (C=S) groups is 1. The van der Waals surface area contributed by atoms with Crippen LogP contribution in [0.3, 0.4) is 0 Å². The molecule has 0 aliphatic carbocycles. The van der Waals surface area contributed by atoms with Gasteiger partial charge in [-0.2, -0.15) is 0 Å². The lowest BCUT2D eigenvalue weighted by Crippen LogP contribution is -2.13. The van der Waals surface area contributed by atoms with Crippen LogP contribution in [0.1, 0.15) is 11.1 Å². The molecule has 0 saturated carbocycles. The molecule has 2 rings (SSSR count). The van der Waals surface area contributed by atoms with Crippen LogP contribution < -0.4 is 10.5 Å². The van der Waals surface area contributed by atoms with Crippen molar-refractivity contribution in [1.29, 1.82) is 0 Å². The molecule has 1 aromatic heterocycles. The third kappa shape index (κ3) is 3.24. The summed E-state index contributed by atoms with van der Waals surface area (Å²) in [7, 11) is 0. The molecule has 0 radical (unpaired) electrons. The lowest BCUT2D eigenvalue weighted by atomic mass is 10.1. The Balaban J connectivity index is 2.32. The molecule has 5 heteroatoms. The van der Waals surface area contributed by atoms with Gasteiger partial charge in [-0.25, -0.2) is 4.98 Å². The number of hydrogen-bond donors (Lipinski definition) is 1. The summed E-state index contributed by atoms with van der Waals surface area (Å²) >= 11 is 6.73. The minimum Gasteiger partial charge on any atom is -0.438 e. The maximum atomic E-state index is 5.76. The molecule has 0 unspecified atom stereocenters. The predicted molar refractivity (Wildman–Crippen MR) is 83.2 cm³/mol. The molecule has 0 spiro atoms. The van der Waals surface area contributed by atoms with Crippen LogP contribution in [0.5, 0.6) is 11.6 Å². The molecule has 3 nitrogen and oxygen atoms in total. The van der Waals surface area contributed by atoms with Crippen molar-refractivity contribution in [1.82, 2.24) is 4.98 Å². The highest BCUT2D eigenvalue weighted by molar-refractivity contribution is 7.98. The van der Waals surface area contributed by atoms with Crippen molar-refractivity contribution in [2.75, 3.05) is 6.26 Å². The maximum absolute atomic E-state index is 5.76. The molecule has 0 atom stereocenters. The van der Waals surface area contributed by atoms with Gasteiger partial charge in [0, 0.05) is 11.1 Å². The SMILES string of the molecule is CSc1ccc(Oc2nccc(C)c2C(N)=S)cc1. The van der Waals surface area contributed by atoms with Crippen LogP contribution in [0.25, 0.3) is 0 Å². The molecule has 2 N–H and O–H groups in total. The Labute approximate surface area is 122 Å². The van der Waals surface area contributed by atoms with Crippen molar-refractivity contribution in [3.8, 4) is 11.6 Å². The number of nitrogens with two attached hydrogens (primary N) is 1. The van der Waals surface area contributed by atoms with Crippen LogP contribution in [-0.4, -0.2) is 16.2 Å². The summed E-state index contributed by atoms with van der Waals surface area (Å²) in [6.07, 6.45) is 3.71. The van der Waals surface area contributed by atoms with Crippen molar-refractivity contribution >= 4 is 29.0 Å². The van der Waals surface area contributed by atoms with E-state index in [2.05, 4.69) is 4.98 Å². The van der Waals surface area contributed by atoms with Crippen molar-refractivity contribution in [2.24, 2.45) is 5.73 Å². The van der Waals surface area contributed by atoms with E-state index < -0.39 is 0 Å². The molecular formula is C14H14N2OS2. The monoisotopic (exact) mass is 290 g/mol. The number of nitrogens with zero attached hydrogens (tertiary/aromatic N) is 1. The first kappa shape index (κ1) is 13.8. The van der Waals surface area contributed by atoms with Gasteiger partial charge in [-0.1, -0.05) is 12.2 Å². The largest absolute Gasteiger partial charge is 0.438 e. The van der Waals surface area contributed by atoms with Gasteiger partial charge in [0.2, 0.25) is 5.88 Å². The number of aryl methyl sites for hydroxylation is 1. The van der Waals surface area contributed by atoms with Gasteiger partial charge in [-0.05, 0) is 49.1 Å². The number of benzene rings is 1. The second-order valence-electron chi connectivity index (χ2n) is 3.95. The normalized spacial score (nSPS) is 10.2. The smallest absolute Gasteiger partial charge is 0.229 e. The second kappa shape index (κ2) is 6.04. The fourth-order valence-electron chi connectivity index (χ4n) is 1.67. The van der Waals surface area contributed by atoms with E-state index >= 15 is 0 Å². The topological polar surface area (TPSA) is 48.1 Å². The van der Waals surface area contributed by atoms with E-state index in [1.807, 2.05) is 43.5 Å². The third-order valence-corrected chi connectivity index (χ3v) is 3.59. The summed E-state index contributed by atoms with van der Waals surface area (Å²) < 4.78 is 5.76. The van der Waals surface area contributed by atoms with E-state index in [-0.39, 0.29) is 0 Å². The average molecular weight is 290 g/mol. The van der Waals surface area contributed by atoms with Gasteiger partial charge < -0.3 is 10.5 Å². The lowest BCUT2D eigenvalue weighted by molar-refractivity contribution is 0.461. The van der Waals surface area contributed by atoms with Crippen LogP contribution in [0.15, 0.2) is 41.4 Å². The molecule has 0 amide bonds. The van der Waals surface area contributed by atoms with E-state index in [0.29, 0.717) is 22.2 Å². The van der Waals surface area contributed by atoms with Gasteiger partial charge in [0.05, 0.1) is 5.56 Å². The maximum Gasteiger partial charge on any atom is 0.229 e. The van der Waals surface area contributed by atoms with Crippen LogP contribution in [-0.2, 0) is 0 Å². The molecule has 0 bridgehead atoms. The zero-order valence-corrected chi connectivity index (χ0v) is 12.3. The number of pyridine rings is 1. The average Bonchev–Trinajstić information content (AvgIpc) is 2.39. The van der Waals surface area contributed by atoms with Gasteiger partial charge in [0.15, 0.2) is 0 Å². The fraction of sp³-hybridized carbons (Fsp3) is 0.143. The van der Waals surface area contributed by atoms with Crippen LogP contribution in [0, 0.1) is 6.92 Å². The van der Waals surface area contributed by atoms with Crippen molar-refractivity contribution in [2.45, 2.75) is 11.8 Å². The molecule has 0 aliphatic heterocycles. The molecular weight excluding hydrogens is 276 g/mol. The summed E-state index contributed by atoms with van der Waals surface area (Å²) in [6, 6.07) is 9.66. The Morgan fingerprint density at radius 3 is 2.53 bits per heavy atom. The van der Waals surface area contributed by atoms with E-state index in [1.54, 1.807) is 18.0 Å². The highest BCUT2D eigenvalue weighted by Gasteiger charge is 2.12. The molecule has 0 saturated heterocycles. The molecule has 1 heterocycles. The summed E-state index contributed by atoms with van der Waals surface area (Å²) in [4.78, 5) is 5.68. The predicted octanol–water partition coefficient (Wildman–Crippen LogP) is 3.54. The first-order chi connectivity index (χ1) is 9.11. The minimum absolute atomic E-state index is 0.293. The minimum atomic E-state index is 0.293. The fourth-order valence-corrected chi connectivity index (χ4v) is 2.32. The highest BCUT2D eigenvalue weighted by atomic mass is 32.2. The zero-order chi connectivity index (χ0) is 13.8. The molecule has 19 heavy (non-hydrogen) atoms. The quantitative estimate of drug-likeness (QED) is 0.689. The summed E-state index contributed by atoms with van der Waals surface area (Å²) in [5, 5.41) is 0. The number of aromatic nitrogens is 1. The molecule has 0 fully saturated rings. The van der Waals surface area contributed by atoms with Gasteiger partial charge in [0.1, 0.15) is 10.7 Å². The Morgan fingerprint density at radius 1 is 1.26 bits per heavy atom. The highest BCUT2D eigenvalue weighted by Crippen LogP contribution is 2.26.